The number of primary amides is 1. The van der Waals surface area contributed by atoms with Gasteiger partial charge in [-0.15, -0.1) is 0 Å². The summed E-state index contributed by atoms with van der Waals surface area (Å²) in [5.41, 5.74) is 6.43. The van der Waals surface area contributed by atoms with Crippen LogP contribution in [0.25, 0.3) is 10.8 Å². The van der Waals surface area contributed by atoms with Gasteiger partial charge in [0.25, 0.3) is 0 Å². The first kappa shape index (κ1) is 12.9. The van der Waals surface area contributed by atoms with Crippen LogP contribution in [0.15, 0.2) is 36.4 Å². The molecule has 0 radical (unpaired) electrons. The van der Waals surface area contributed by atoms with Gasteiger partial charge in [0.15, 0.2) is 0 Å². The first-order valence-electron chi connectivity index (χ1n) is 6.80. The molecule has 0 saturated heterocycles. The molecule has 1 amide bonds. The number of hydrogen-bond acceptors (Lipinski definition) is 3. The summed E-state index contributed by atoms with van der Waals surface area (Å²) in [6.07, 6.45) is 2.24. The zero-order valence-electron chi connectivity index (χ0n) is 11.4. The predicted molar refractivity (Wildman–Crippen MR) is 78.6 cm³/mol. The summed E-state index contributed by atoms with van der Waals surface area (Å²) in [6, 6.07) is 11.9. The van der Waals surface area contributed by atoms with Crippen LogP contribution in [0.5, 0.6) is 5.75 Å². The molecule has 4 heteroatoms. The van der Waals surface area contributed by atoms with Gasteiger partial charge in [-0.2, -0.15) is 0 Å². The van der Waals surface area contributed by atoms with Crippen molar-refractivity contribution in [3.63, 3.8) is 0 Å². The largest absolute Gasteiger partial charge is 0.497 e. The van der Waals surface area contributed by atoms with Gasteiger partial charge in [0, 0.05) is 6.04 Å². The number of ether oxygens (including phenoxy) is 1. The Morgan fingerprint density at radius 3 is 2.60 bits per heavy atom. The maximum absolute atomic E-state index is 11.6. The molecule has 3 N–H and O–H groups in total. The van der Waals surface area contributed by atoms with E-state index in [0.717, 1.165) is 34.9 Å². The lowest BCUT2D eigenvalue weighted by atomic mass is 10.0. The molecule has 0 spiro atoms. The van der Waals surface area contributed by atoms with Crippen LogP contribution in [0.2, 0.25) is 0 Å². The van der Waals surface area contributed by atoms with Crippen molar-refractivity contribution in [2.45, 2.75) is 24.9 Å². The summed E-state index contributed by atoms with van der Waals surface area (Å²) >= 11 is 0. The SMILES string of the molecule is COc1ccc2cc(C(NC3CC3)C(N)=O)ccc2c1. The summed E-state index contributed by atoms with van der Waals surface area (Å²) in [6.45, 7) is 0. The van der Waals surface area contributed by atoms with Crippen molar-refractivity contribution < 1.29 is 9.53 Å². The monoisotopic (exact) mass is 270 g/mol. The molecule has 1 fully saturated rings. The van der Waals surface area contributed by atoms with Crippen LogP contribution >= 0.6 is 0 Å². The van der Waals surface area contributed by atoms with Crippen molar-refractivity contribution >= 4 is 16.7 Å². The van der Waals surface area contributed by atoms with Gasteiger partial charge in [0.05, 0.1) is 7.11 Å². The highest BCUT2D eigenvalue weighted by Crippen LogP contribution is 2.27. The molecular weight excluding hydrogens is 252 g/mol. The van der Waals surface area contributed by atoms with Crippen LogP contribution < -0.4 is 15.8 Å². The van der Waals surface area contributed by atoms with Gasteiger partial charge < -0.3 is 10.5 Å². The van der Waals surface area contributed by atoms with E-state index in [-0.39, 0.29) is 5.91 Å². The van der Waals surface area contributed by atoms with Crippen molar-refractivity contribution in [3.05, 3.63) is 42.0 Å². The first-order valence-corrected chi connectivity index (χ1v) is 6.80. The predicted octanol–water partition coefficient (Wildman–Crippen LogP) is 2.13. The number of nitrogens with one attached hydrogen (secondary N) is 1. The highest BCUT2D eigenvalue weighted by molar-refractivity contribution is 5.87. The first-order chi connectivity index (χ1) is 9.67. The van der Waals surface area contributed by atoms with E-state index in [1.165, 1.54) is 0 Å². The Kier molecular flexibility index (Phi) is 3.32. The number of carbonyl (C=O) groups is 1. The Bertz CT molecular complexity index is 650. The standard InChI is InChI=1S/C16H18N2O2/c1-20-14-7-4-10-8-12(3-2-11(10)9-14)15(16(17)19)18-13-5-6-13/h2-4,7-9,13,15,18H,5-6H2,1H3,(H2,17,19). The number of benzene rings is 2. The van der Waals surface area contributed by atoms with Crippen LogP contribution in [0, 0.1) is 0 Å². The minimum absolute atomic E-state index is 0.329. The summed E-state index contributed by atoms with van der Waals surface area (Å²) in [4.78, 5) is 11.6. The normalized spacial score (nSPS) is 16.1. The lowest BCUT2D eigenvalue weighted by Gasteiger charge is -2.16. The third-order valence-corrected chi connectivity index (χ3v) is 3.67. The molecule has 4 nitrogen and oxygen atoms in total. The fraction of sp³-hybridized carbons (Fsp3) is 0.312. The van der Waals surface area contributed by atoms with Gasteiger partial charge in [-0.1, -0.05) is 18.2 Å². The zero-order valence-corrected chi connectivity index (χ0v) is 11.4. The molecule has 2 aromatic carbocycles. The summed E-state index contributed by atoms with van der Waals surface area (Å²) in [7, 11) is 1.65. The number of methoxy groups -OCH3 is 1. The molecule has 1 unspecified atom stereocenters. The zero-order chi connectivity index (χ0) is 14.1. The average Bonchev–Trinajstić information content (AvgIpc) is 3.27. The fourth-order valence-electron chi connectivity index (χ4n) is 2.38. The second-order valence-corrected chi connectivity index (χ2v) is 5.25. The van der Waals surface area contributed by atoms with Crippen LogP contribution in [0.1, 0.15) is 24.4 Å². The second-order valence-electron chi connectivity index (χ2n) is 5.25. The number of fused-ring (bicyclic) bond motifs is 1. The van der Waals surface area contributed by atoms with Gasteiger partial charge in [-0.3, -0.25) is 10.1 Å². The van der Waals surface area contributed by atoms with Gasteiger partial charge in [-0.25, -0.2) is 0 Å². The highest BCUT2D eigenvalue weighted by Gasteiger charge is 2.28. The Balaban J connectivity index is 1.95. The molecule has 0 aliphatic heterocycles. The molecule has 104 valence electrons. The maximum atomic E-state index is 11.6. The minimum Gasteiger partial charge on any atom is -0.497 e. The molecule has 1 aliphatic carbocycles. The molecule has 2 aromatic rings. The molecule has 1 atom stereocenters. The number of carbonyl (C=O) groups excluding carboxylic acids is 1. The molecule has 0 aromatic heterocycles. The van der Waals surface area contributed by atoms with Crippen molar-refractivity contribution in [1.82, 2.24) is 5.32 Å². The molecule has 1 saturated carbocycles. The molecule has 3 rings (SSSR count). The van der Waals surface area contributed by atoms with Crippen molar-refractivity contribution in [2.75, 3.05) is 7.11 Å². The quantitative estimate of drug-likeness (QED) is 0.874. The Hall–Kier alpha value is -2.07. The third kappa shape index (κ3) is 2.60. The van der Waals surface area contributed by atoms with E-state index in [4.69, 9.17) is 10.5 Å². The number of amides is 1. The van der Waals surface area contributed by atoms with Crippen LogP contribution in [-0.2, 0) is 4.79 Å². The smallest absolute Gasteiger partial charge is 0.239 e. The Morgan fingerprint density at radius 1 is 1.25 bits per heavy atom. The average molecular weight is 270 g/mol. The van der Waals surface area contributed by atoms with Crippen molar-refractivity contribution in [1.29, 1.82) is 0 Å². The van der Waals surface area contributed by atoms with Crippen LogP contribution in [0.4, 0.5) is 0 Å². The Morgan fingerprint density at radius 2 is 1.95 bits per heavy atom. The van der Waals surface area contributed by atoms with Crippen LogP contribution in [-0.4, -0.2) is 19.1 Å². The van der Waals surface area contributed by atoms with E-state index < -0.39 is 6.04 Å². The molecule has 0 bridgehead atoms. The van der Waals surface area contributed by atoms with E-state index in [2.05, 4.69) is 5.32 Å². The Labute approximate surface area is 117 Å². The van der Waals surface area contributed by atoms with E-state index in [9.17, 15) is 4.79 Å². The lowest BCUT2D eigenvalue weighted by Crippen LogP contribution is -2.34. The van der Waals surface area contributed by atoms with Gasteiger partial charge in [-0.05, 0) is 47.4 Å². The molecule has 0 heterocycles. The van der Waals surface area contributed by atoms with Crippen molar-refractivity contribution in [3.8, 4) is 5.75 Å². The van der Waals surface area contributed by atoms with E-state index in [1.54, 1.807) is 7.11 Å². The van der Waals surface area contributed by atoms with E-state index >= 15 is 0 Å². The van der Waals surface area contributed by atoms with Crippen molar-refractivity contribution in [2.24, 2.45) is 5.73 Å². The second kappa shape index (κ2) is 5.13. The van der Waals surface area contributed by atoms with Crippen LogP contribution in [0.3, 0.4) is 0 Å². The topological polar surface area (TPSA) is 64.3 Å². The fourth-order valence-corrected chi connectivity index (χ4v) is 2.38. The summed E-state index contributed by atoms with van der Waals surface area (Å²) < 4.78 is 5.21. The lowest BCUT2D eigenvalue weighted by molar-refractivity contribution is -0.120. The molecule has 20 heavy (non-hydrogen) atoms. The molecular formula is C16H18N2O2. The third-order valence-electron chi connectivity index (χ3n) is 3.67. The summed E-state index contributed by atoms with van der Waals surface area (Å²) in [5.74, 6) is 0.498. The summed E-state index contributed by atoms with van der Waals surface area (Å²) in [5, 5.41) is 5.46. The molecule has 1 aliphatic rings. The highest BCUT2D eigenvalue weighted by atomic mass is 16.5. The van der Waals surface area contributed by atoms with E-state index in [1.807, 2.05) is 36.4 Å². The number of hydrogen-bond donors (Lipinski definition) is 2. The van der Waals surface area contributed by atoms with E-state index in [0.29, 0.717) is 6.04 Å². The van der Waals surface area contributed by atoms with Gasteiger partial charge in [0.2, 0.25) is 5.91 Å². The number of nitrogens with two attached hydrogens (primary N) is 1. The maximum Gasteiger partial charge on any atom is 0.239 e. The minimum atomic E-state index is -0.408. The number of rotatable bonds is 5. The van der Waals surface area contributed by atoms with Gasteiger partial charge in [0.1, 0.15) is 11.8 Å². The van der Waals surface area contributed by atoms with Gasteiger partial charge >= 0.3 is 0 Å².